The molecular weight excluding hydrogens is 460 g/mol. The number of benzene rings is 3. The van der Waals surface area contributed by atoms with Crippen LogP contribution in [0.25, 0.3) is 6.08 Å². The Balaban J connectivity index is 1.73. The first-order valence-corrected chi connectivity index (χ1v) is 9.92. The van der Waals surface area contributed by atoms with E-state index in [1.807, 2.05) is 0 Å². The molecule has 174 valence electrons. The van der Waals surface area contributed by atoms with Crippen molar-refractivity contribution in [3.05, 3.63) is 104 Å². The first-order chi connectivity index (χ1) is 16.8. The van der Waals surface area contributed by atoms with Crippen LogP contribution >= 0.6 is 0 Å². The van der Waals surface area contributed by atoms with E-state index in [0.29, 0.717) is 0 Å². The van der Waals surface area contributed by atoms with E-state index in [1.165, 1.54) is 30.3 Å². The molecule has 0 saturated carbocycles. The molecule has 0 bridgehead atoms. The van der Waals surface area contributed by atoms with Crippen molar-refractivity contribution in [1.29, 1.82) is 0 Å². The molecule has 1 aliphatic heterocycles. The number of urea groups is 1. The molecule has 0 unspecified atom stereocenters. The molecule has 4 rings (SSSR count). The summed E-state index contributed by atoms with van der Waals surface area (Å²) in [6.07, 6.45) is 1.19. The predicted molar refractivity (Wildman–Crippen MR) is 122 cm³/mol. The Labute approximate surface area is 196 Å². The first kappa shape index (κ1) is 22.8. The summed E-state index contributed by atoms with van der Waals surface area (Å²) in [4.78, 5) is 59.4. The quantitative estimate of drug-likeness (QED) is 0.243. The van der Waals surface area contributed by atoms with Crippen LogP contribution in [-0.4, -0.2) is 27.7 Å². The van der Waals surface area contributed by atoms with Gasteiger partial charge in [-0.25, -0.2) is 9.69 Å². The number of para-hydroxylation sites is 2. The number of ether oxygens (including phenoxy) is 1. The zero-order valence-electron chi connectivity index (χ0n) is 17.6. The van der Waals surface area contributed by atoms with Gasteiger partial charge in [-0.2, -0.15) is 0 Å². The van der Waals surface area contributed by atoms with Gasteiger partial charge in [-0.1, -0.05) is 36.4 Å². The number of carbonyl (C=O) groups is 3. The maximum Gasteiger partial charge on any atom is 0.335 e. The Kier molecular flexibility index (Phi) is 6.01. The Hall–Kier alpha value is -5.39. The molecule has 1 heterocycles. The number of rotatable bonds is 6. The summed E-state index contributed by atoms with van der Waals surface area (Å²) in [5.41, 5.74) is -1.06. The van der Waals surface area contributed by atoms with Crippen molar-refractivity contribution >= 4 is 41.0 Å². The minimum absolute atomic E-state index is 0.0284. The van der Waals surface area contributed by atoms with Gasteiger partial charge in [0.1, 0.15) is 11.3 Å². The molecule has 1 fully saturated rings. The van der Waals surface area contributed by atoms with E-state index in [-0.39, 0.29) is 28.3 Å². The van der Waals surface area contributed by atoms with Crippen LogP contribution in [0.15, 0.2) is 78.4 Å². The number of nitro groups is 2. The second-order valence-corrected chi connectivity index (χ2v) is 7.10. The standard InChI is InChI=1S/C23H14N4O8/c28-21-17(22(29)25(23(30)24-21)15-7-2-1-3-8-15)12-14-6-4-5-9-19(14)35-20-11-10-16(26(31)32)13-18(20)27(33)34/h1-13H,(H,24,28,30)/b17-12+. The zero-order chi connectivity index (χ0) is 25.1. The van der Waals surface area contributed by atoms with Gasteiger partial charge in [0.15, 0.2) is 0 Å². The summed E-state index contributed by atoms with van der Waals surface area (Å²) in [5, 5.41) is 24.5. The Morgan fingerprint density at radius 2 is 1.51 bits per heavy atom. The molecule has 12 heteroatoms. The van der Waals surface area contributed by atoms with Gasteiger partial charge in [0.25, 0.3) is 17.5 Å². The highest BCUT2D eigenvalue weighted by atomic mass is 16.6. The lowest BCUT2D eigenvalue weighted by atomic mass is 10.1. The lowest BCUT2D eigenvalue weighted by Gasteiger charge is -2.26. The third kappa shape index (κ3) is 4.57. The molecule has 1 N–H and O–H groups in total. The molecule has 35 heavy (non-hydrogen) atoms. The Morgan fingerprint density at radius 1 is 0.829 bits per heavy atom. The highest BCUT2D eigenvalue weighted by molar-refractivity contribution is 6.39. The third-order valence-corrected chi connectivity index (χ3v) is 4.90. The van der Waals surface area contributed by atoms with Crippen LogP contribution in [0, 0.1) is 20.2 Å². The minimum atomic E-state index is -0.927. The van der Waals surface area contributed by atoms with Crippen molar-refractivity contribution in [3.8, 4) is 11.5 Å². The molecular formula is C23H14N4O8. The average Bonchev–Trinajstić information content (AvgIpc) is 2.83. The minimum Gasteiger partial charge on any atom is -0.449 e. The second kappa shape index (κ2) is 9.23. The number of barbiturate groups is 1. The van der Waals surface area contributed by atoms with Crippen molar-refractivity contribution < 1.29 is 29.0 Å². The fraction of sp³-hybridized carbons (Fsp3) is 0. The molecule has 0 aliphatic carbocycles. The average molecular weight is 474 g/mol. The van der Waals surface area contributed by atoms with Crippen molar-refractivity contribution in [2.24, 2.45) is 0 Å². The molecule has 3 aromatic rings. The summed E-state index contributed by atoms with van der Waals surface area (Å²) in [7, 11) is 0. The normalized spacial score (nSPS) is 14.6. The molecule has 0 atom stereocenters. The highest BCUT2D eigenvalue weighted by Gasteiger charge is 2.37. The Morgan fingerprint density at radius 3 is 2.20 bits per heavy atom. The van der Waals surface area contributed by atoms with E-state index < -0.39 is 39.1 Å². The van der Waals surface area contributed by atoms with E-state index in [9.17, 15) is 34.6 Å². The number of anilines is 1. The molecule has 1 saturated heterocycles. The fourth-order valence-electron chi connectivity index (χ4n) is 3.28. The van der Waals surface area contributed by atoms with Gasteiger partial charge in [-0.15, -0.1) is 0 Å². The van der Waals surface area contributed by atoms with Crippen LogP contribution in [0.1, 0.15) is 5.56 Å². The lowest BCUT2D eigenvalue weighted by molar-refractivity contribution is -0.394. The number of nitro benzene ring substituents is 2. The number of imide groups is 2. The maximum atomic E-state index is 13.0. The fourth-order valence-corrected chi connectivity index (χ4v) is 3.28. The van der Waals surface area contributed by atoms with E-state index in [0.717, 1.165) is 23.1 Å². The van der Waals surface area contributed by atoms with Gasteiger partial charge >= 0.3 is 11.7 Å². The van der Waals surface area contributed by atoms with Gasteiger partial charge in [-0.3, -0.25) is 35.1 Å². The van der Waals surface area contributed by atoms with E-state index in [4.69, 9.17) is 4.74 Å². The van der Waals surface area contributed by atoms with Crippen molar-refractivity contribution in [1.82, 2.24) is 5.32 Å². The zero-order valence-corrected chi connectivity index (χ0v) is 17.6. The number of non-ortho nitro benzene ring substituents is 1. The summed E-state index contributed by atoms with van der Waals surface area (Å²) in [5.74, 6) is -2.06. The number of hydrogen-bond acceptors (Lipinski definition) is 8. The summed E-state index contributed by atoms with van der Waals surface area (Å²) in [6, 6.07) is 16.0. The smallest absolute Gasteiger partial charge is 0.335 e. The molecule has 3 aromatic carbocycles. The van der Waals surface area contributed by atoms with E-state index in [2.05, 4.69) is 5.32 Å². The van der Waals surface area contributed by atoms with Crippen LogP contribution in [-0.2, 0) is 9.59 Å². The predicted octanol–water partition coefficient (Wildman–Crippen LogP) is 3.96. The summed E-state index contributed by atoms with van der Waals surface area (Å²) in [6.45, 7) is 0. The van der Waals surface area contributed by atoms with Gasteiger partial charge in [0, 0.05) is 11.6 Å². The van der Waals surface area contributed by atoms with Gasteiger partial charge < -0.3 is 4.74 Å². The number of nitrogens with zero attached hydrogens (tertiary/aromatic N) is 3. The van der Waals surface area contributed by atoms with Gasteiger partial charge in [0.2, 0.25) is 5.75 Å². The van der Waals surface area contributed by atoms with Gasteiger partial charge in [-0.05, 0) is 30.3 Å². The monoisotopic (exact) mass is 474 g/mol. The third-order valence-electron chi connectivity index (χ3n) is 4.90. The van der Waals surface area contributed by atoms with Gasteiger partial charge in [0.05, 0.1) is 21.6 Å². The highest BCUT2D eigenvalue weighted by Crippen LogP contribution is 2.36. The van der Waals surface area contributed by atoms with Crippen LogP contribution in [0.4, 0.5) is 21.9 Å². The van der Waals surface area contributed by atoms with Crippen molar-refractivity contribution in [2.75, 3.05) is 4.90 Å². The maximum absolute atomic E-state index is 13.0. The van der Waals surface area contributed by atoms with E-state index >= 15 is 0 Å². The van der Waals surface area contributed by atoms with Crippen LogP contribution in [0.3, 0.4) is 0 Å². The molecule has 0 aromatic heterocycles. The number of hydrogen-bond donors (Lipinski definition) is 1. The van der Waals surface area contributed by atoms with Crippen LogP contribution < -0.4 is 15.0 Å². The number of nitrogens with one attached hydrogen (secondary N) is 1. The van der Waals surface area contributed by atoms with Crippen molar-refractivity contribution in [3.63, 3.8) is 0 Å². The first-order valence-electron chi connectivity index (χ1n) is 9.92. The number of amides is 4. The lowest BCUT2D eigenvalue weighted by Crippen LogP contribution is -2.54. The summed E-state index contributed by atoms with van der Waals surface area (Å²) < 4.78 is 5.65. The molecule has 0 spiro atoms. The largest absolute Gasteiger partial charge is 0.449 e. The Bertz CT molecular complexity index is 1420. The molecule has 12 nitrogen and oxygen atoms in total. The molecule has 4 amide bonds. The molecule has 0 radical (unpaired) electrons. The summed E-state index contributed by atoms with van der Waals surface area (Å²) >= 11 is 0. The van der Waals surface area contributed by atoms with Crippen LogP contribution in [0.2, 0.25) is 0 Å². The SMILES string of the molecule is O=C1NC(=O)N(c2ccccc2)C(=O)/C1=C/c1ccccc1Oc1ccc([N+](=O)[O-])cc1[N+](=O)[O-]. The number of carbonyl (C=O) groups excluding carboxylic acids is 3. The second-order valence-electron chi connectivity index (χ2n) is 7.10. The van der Waals surface area contributed by atoms with E-state index in [1.54, 1.807) is 30.3 Å². The van der Waals surface area contributed by atoms with Crippen molar-refractivity contribution in [2.45, 2.75) is 0 Å². The topological polar surface area (TPSA) is 162 Å². The molecule has 1 aliphatic rings. The van der Waals surface area contributed by atoms with Crippen LogP contribution in [0.5, 0.6) is 11.5 Å².